The summed E-state index contributed by atoms with van der Waals surface area (Å²) in [5, 5.41) is 8.04. The molecule has 0 unspecified atom stereocenters. The lowest BCUT2D eigenvalue weighted by Crippen LogP contribution is -2.32. The van der Waals surface area contributed by atoms with Crippen molar-refractivity contribution in [3.8, 4) is 5.75 Å². The molecule has 7 nitrogen and oxygen atoms in total. The molecule has 5 rings (SSSR count). The van der Waals surface area contributed by atoms with Crippen LogP contribution in [0.1, 0.15) is 46.3 Å². The Kier molecular flexibility index (Phi) is 5.77. The van der Waals surface area contributed by atoms with E-state index in [0.29, 0.717) is 22.8 Å². The number of rotatable bonds is 6. The number of thiophene rings is 1. The Morgan fingerprint density at radius 2 is 1.91 bits per heavy atom. The average molecular weight is 450 g/mol. The predicted octanol–water partition coefficient (Wildman–Crippen LogP) is 4.33. The van der Waals surface area contributed by atoms with E-state index in [2.05, 4.69) is 5.10 Å². The molecule has 0 aliphatic carbocycles. The van der Waals surface area contributed by atoms with Gasteiger partial charge < -0.3 is 14.1 Å². The molecule has 4 heterocycles. The number of nitrogens with zero attached hydrogens (tertiary/aromatic N) is 3. The van der Waals surface area contributed by atoms with Crippen LogP contribution >= 0.6 is 11.3 Å². The van der Waals surface area contributed by atoms with Crippen LogP contribution in [0.3, 0.4) is 0 Å². The molecule has 2 aromatic heterocycles. The summed E-state index contributed by atoms with van der Waals surface area (Å²) >= 11 is 1.39. The lowest BCUT2D eigenvalue weighted by atomic mass is 10.0. The molecule has 1 saturated heterocycles. The molecule has 0 spiro atoms. The number of hydrogen-bond donors (Lipinski definition) is 0. The zero-order chi connectivity index (χ0) is 21.9. The van der Waals surface area contributed by atoms with Crippen molar-refractivity contribution in [3.63, 3.8) is 0 Å². The van der Waals surface area contributed by atoms with Crippen molar-refractivity contribution in [3.05, 3.63) is 76.4 Å². The minimum Gasteiger partial charge on any atom is -0.484 e. The van der Waals surface area contributed by atoms with Crippen molar-refractivity contribution in [1.29, 1.82) is 0 Å². The van der Waals surface area contributed by atoms with E-state index >= 15 is 0 Å². The summed E-state index contributed by atoms with van der Waals surface area (Å²) in [6.07, 6.45) is 4.29. The van der Waals surface area contributed by atoms with Gasteiger partial charge in [0.05, 0.1) is 16.9 Å². The van der Waals surface area contributed by atoms with Crippen LogP contribution in [-0.2, 0) is 4.79 Å². The Balaban J connectivity index is 1.30. The van der Waals surface area contributed by atoms with E-state index < -0.39 is 0 Å². The Morgan fingerprint density at radius 1 is 1.09 bits per heavy atom. The second-order valence-corrected chi connectivity index (χ2v) is 8.76. The van der Waals surface area contributed by atoms with E-state index in [4.69, 9.17) is 9.15 Å². The molecule has 0 N–H and O–H groups in total. The van der Waals surface area contributed by atoms with Gasteiger partial charge in [0, 0.05) is 19.5 Å². The summed E-state index contributed by atoms with van der Waals surface area (Å²) < 4.78 is 11.3. The lowest BCUT2D eigenvalue weighted by Gasteiger charge is -2.19. The van der Waals surface area contributed by atoms with Gasteiger partial charge >= 0.3 is 0 Å². The highest BCUT2D eigenvalue weighted by atomic mass is 32.1. The summed E-state index contributed by atoms with van der Waals surface area (Å²) in [6.45, 7) is 1.68. The molecular weight excluding hydrogens is 426 g/mol. The van der Waals surface area contributed by atoms with E-state index in [1.807, 2.05) is 52.7 Å². The topological polar surface area (TPSA) is 75.3 Å². The van der Waals surface area contributed by atoms with Gasteiger partial charge in [-0.3, -0.25) is 9.59 Å². The van der Waals surface area contributed by atoms with Crippen molar-refractivity contribution in [2.24, 2.45) is 5.10 Å². The zero-order valence-electron chi connectivity index (χ0n) is 17.5. The van der Waals surface area contributed by atoms with Gasteiger partial charge in [0.15, 0.2) is 6.61 Å². The largest absolute Gasteiger partial charge is 0.484 e. The summed E-state index contributed by atoms with van der Waals surface area (Å²) in [5.41, 5.74) is 1.71. The molecule has 1 atom stereocenters. The third kappa shape index (κ3) is 4.18. The highest BCUT2D eigenvalue weighted by Crippen LogP contribution is 2.35. The highest BCUT2D eigenvalue weighted by molar-refractivity contribution is 7.12. The number of amides is 2. The first-order valence-electron chi connectivity index (χ1n) is 10.7. The van der Waals surface area contributed by atoms with Crippen LogP contribution in [0.2, 0.25) is 0 Å². The SMILES string of the molecule is O=C(COc1ccc(C2=NN(C(=O)c3cccs3)[C@@H](c3ccco3)C2)cc1)N1CCCC1. The van der Waals surface area contributed by atoms with Crippen molar-refractivity contribution in [2.45, 2.75) is 25.3 Å². The number of hydrogen-bond acceptors (Lipinski definition) is 6. The van der Waals surface area contributed by atoms with E-state index in [1.165, 1.54) is 16.3 Å². The van der Waals surface area contributed by atoms with E-state index in [9.17, 15) is 9.59 Å². The second-order valence-electron chi connectivity index (χ2n) is 7.81. The molecule has 0 radical (unpaired) electrons. The van der Waals surface area contributed by atoms with Gasteiger partial charge in [-0.15, -0.1) is 11.3 Å². The summed E-state index contributed by atoms with van der Waals surface area (Å²) in [6, 6.07) is 14.5. The molecule has 1 fully saturated rings. The summed E-state index contributed by atoms with van der Waals surface area (Å²) in [5.74, 6) is 1.22. The number of likely N-dealkylation sites (tertiary alicyclic amines) is 1. The predicted molar refractivity (Wildman–Crippen MR) is 121 cm³/mol. The van der Waals surface area contributed by atoms with Crippen LogP contribution in [0.15, 0.2) is 69.7 Å². The van der Waals surface area contributed by atoms with Crippen molar-refractivity contribution < 1.29 is 18.7 Å². The Morgan fingerprint density at radius 3 is 2.59 bits per heavy atom. The van der Waals surface area contributed by atoms with Crippen LogP contribution in [-0.4, -0.2) is 47.1 Å². The third-order valence-corrected chi connectivity index (χ3v) is 6.59. The van der Waals surface area contributed by atoms with Gasteiger partial charge in [-0.1, -0.05) is 6.07 Å². The minimum absolute atomic E-state index is 0.0239. The van der Waals surface area contributed by atoms with Gasteiger partial charge in [-0.25, -0.2) is 5.01 Å². The maximum Gasteiger partial charge on any atom is 0.284 e. The first-order chi connectivity index (χ1) is 15.7. The molecule has 0 bridgehead atoms. The molecule has 8 heteroatoms. The Bertz CT molecular complexity index is 1100. The molecule has 2 amide bonds. The minimum atomic E-state index is -0.288. The van der Waals surface area contributed by atoms with Crippen LogP contribution in [0.4, 0.5) is 0 Å². The highest BCUT2D eigenvalue weighted by Gasteiger charge is 2.35. The molecular formula is C24H23N3O4S. The molecule has 0 saturated carbocycles. The van der Waals surface area contributed by atoms with E-state index in [0.717, 1.165) is 37.2 Å². The molecule has 32 heavy (non-hydrogen) atoms. The molecule has 1 aromatic carbocycles. The lowest BCUT2D eigenvalue weighted by molar-refractivity contribution is -0.132. The summed E-state index contributed by atoms with van der Waals surface area (Å²) in [7, 11) is 0. The maximum absolute atomic E-state index is 13.0. The maximum atomic E-state index is 13.0. The van der Waals surface area contributed by atoms with Crippen molar-refractivity contribution in [2.75, 3.05) is 19.7 Å². The number of hydrazone groups is 1. The monoisotopic (exact) mass is 449 g/mol. The molecule has 164 valence electrons. The fraction of sp³-hybridized carbons (Fsp3) is 0.292. The van der Waals surface area contributed by atoms with Gasteiger partial charge in [0.2, 0.25) is 0 Å². The number of benzene rings is 1. The summed E-state index contributed by atoms with van der Waals surface area (Å²) in [4.78, 5) is 27.7. The molecule has 3 aromatic rings. The number of carbonyl (C=O) groups is 2. The van der Waals surface area contributed by atoms with Crippen LogP contribution in [0.25, 0.3) is 0 Å². The fourth-order valence-electron chi connectivity index (χ4n) is 4.03. The van der Waals surface area contributed by atoms with Gasteiger partial charge in [-0.05, 0) is 66.2 Å². The van der Waals surface area contributed by atoms with Crippen LogP contribution in [0, 0.1) is 0 Å². The first kappa shape index (κ1) is 20.5. The Labute approximate surface area is 189 Å². The van der Waals surface area contributed by atoms with E-state index in [1.54, 1.807) is 12.3 Å². The quantitative estimate of drug-likeness (QED) is 0.561. The van der Waals surface area contributed by atoms with Gasteiger partial charge in [0.25, 0.3) is 11.8 Å². The fourth-order valence-corrected chi connectivity index (χ4v) is 4.69. The number of carbonyl (C=O) groups excluding carboxylic acids is 2. The normalized spacial score (nSPS) is 18.1. The van der Waals surface area contributed by atoms with Gasteiger partial charge in [0.1, 0.15) is 17.6 Å². The third-order valence-electron chi connectivity index (χ3n) is 5.73. The van der Waals surface area contributed by atoms with Crippen molar-refractivity contribution in [1.82, 2.24) is 9.91 Å². The molecule has 2 aliphatic rings. The second kappa shape index (κ2) is 9.00. The Hall–Kier alpha value is -3.39. The zero-order valence-corrected chi connectivity index (χ0v) is 18.3. The standard InChI is InChI=1S/C24H23N3O4S/c28-23(26-11-1-2-12-26)16-31-18-9-7-17(8-10-18)19-15-20(21-5-3-13-30-21)27(25-19)24(29)22-6-4-14-32-22/h3-10,13-14,20H,1-2,11-12,15-16H2/t20-/m1/s1. The average Bonchev–Trinajstić information content (AvgIpc) is 3.64. The van der Waals surface area contributed by atoms with Crippen molar-refractivity contribution >= 4 is 28.9 Å². The van der Waals surface area contributed by atoms with Crippen LogP contribution in [0.5, 0.6) is 5.75 Å². The van der Waals surface area contributed by atoms with E-state index in [-0.39, 0.29) is 24.5 Å². The number of furan rings is 1. The van der Waals surface area contributed by atoms with Gasteiger partial charge in [-0.2, -0.15) is 5.10 Å². The number of ether oxygens (including phenoxy) is 1. The molecule has 2 aliphatic heterocycles. The van der Waals surface area contributed by atoms with Crippen LogP contribution < -0.4 is 4.74 Å². The first-order valence-corrected chi connectivity index (χ1v) is 11.6. The smallest absolute Gasteiger partial charge is 0.284 e.